The fraction of sp³-hybridized carbons (Fsp3) is 0.615. The van der Waals surface area contributed by atoms with Gasteiger partial charge in [-0.1, -0.05) is 0 Å². The molecule has 0 aliphatic carbocycles. The van der Waals surface area contributed by atoms with Gasteiger partial charge in [0.1, 0.15) is 5.82 Å². The van der Waals surface area contributed by atoms with E-state index in [9.17, 15) is 4.79 Å². The van der Waals surface area contributed by atoms with Gasteiger partial charge >= 0.3 is 0 Å². The molecule has 2 rings (SSSR count). The molecule has 1 fully saturated rings. The molecule has 1 aliphatic rings. The van der Waals surface area contributed by atoms with E-state index in [1.807, 2.05) is 0 Å². The minimum absolute atomic E-state index is 0.219. The van der Waals surface area contributed by atoms with E-state index in [0.29, 0.717) is 23.5 Å². The summed E-state index contributed by atoms with van der Waals surface area (Å²) in [6.45, 7) is 4.31. The first kappa shape index (κ1) is 13.7. The van der Waals surface area contributed by atoms with Crippen LogP contribution in [0.1, 0.15) is 30.3 Å². The average Bonchev–Trinajstić information content (AvgIpc) is 2.48. The molecule has 0 aromatic carbocycles. The standard InChI is InChI=1S/C13H21N5O/c1-9(10-4-3-7-15-8-10)16-12-6-5-11(17-18-12)13(19)14-2/h5-6,9-10,15H,3-4,7-8H2,1-2H3,(H,14,19)(H,16,18). The second-order valence-corrected chi connectivity index (χ2v) is 4.92. The van der Waals surface area contributed by atoms with Crippen LogP contribution in [-0.2, 0) is 0 Å². The first-order valence-corrected chi connectivity index (χ1v) is 6.73. The largest absolute Gasteiger partial charge is 0.366 e. The van der Waals surface area contributed by atoms with Crippen molar-refractivity contribution in [2.45, 2.75) is 25.8 Å². The van der Waals surface area contributed by atoms with Crippen LogP contribution in [0.5, 0.6) is 0 Å². The molecule has 0 bridgehead atoms. The fourth-order valence-electron chi connectivity index (χ4n) is 2.32. The Morgan fingerprint density at radius 2 is 2.32 bits per heavy atom. The number of nitrogens with zero attached hydrogens (tertiary/aromatic N) is 2. The zero-order valence-corrected chi connectivity index (χ0v) is 11.4. The molecular formula is C13H21N5O. The van der Waals surface area contributed by atoms with Crippen molar-refractivity contribution in [2.24, 2.45) is 5.92 Å². The van der Waals surface area contributed by atoms with Crippen LogP contribution in [0.25, 0.3) is 0 Å². The number of nitrogens with one attached hydrogen (secondary N) is 3. The number of hydrogen-bond acceptors (Lipinski definition) is 5. The van der Waals surface area contributed by atoms with Crippen LogP contribution in [-0.4, -0.2) is 42.3 Å². The summed E-state index contributed by atoms with van der Waals surface area (Å²) in [5, 5.41) is 17.2. The first-order chi connectivity index (χ1) is 9.20. The van der Waals surface area contributed by atoms with Crippen molar-refractivity contribution in [1.82, 2.24) is 20.8 Å². The lowest BCUT2D eigenvalue weighted by Gasteiger charge is -2.29. The van der Waals surface area contributed by atoms with Gasteiger partial charge in [-0.3, -0.25) is 4.79 Å². The number of amides is 1. The minimum atomic E-state index is -0.219. The van der Waals surface area contributed by atoms with Gasteiger partial charge in [0.2, 0.25) is 0 Å². The molecule has 19 heavy (non-hydrogen) atoms. The summed E-state index contributed by atoms with van der Waals surface area (Å²) < 4.78 is 0. The van der Waals surface area contributed by atoms with Gasteiger partial charge in [-0.25, -0.2) is 0 Å². The third-order valence-corrected chi connectivity index (χ3v) is 3.54. The molecule has 6 nitrogen and oxygen atoms in total. The average molecular weight is 263 g/mol. The number of aromatic nitrogens is 2. The van der Waals surface area contributed by atoms with E-state index in [1.54, 1.807) is 19.2 Å². The second-order valence-electron chi connectivity index (χ2n) is 4.92. The number of piperidine rings is 1. The Bertz CT molecular complexity index is 414. The number of rotatable bonds is 4. The van der Waals surface area contributed by atoms with Gasteiger partial charge in [0.15, 0.2) is 5.69 Å². The Labute approximate surface area is 113 Å². The van der Waals surface area contributed by atoms with Gasteiger partial charge in [-0.2, -0.15) is 0 Å². The summed E-state index contributed by atoms with van der Waals surface area (Å²) in [7, 11) is 1.58. The van der Waals surface area contributed by atoms with E-state index in [1.165, 1.54) is 12.8 Å². The van der Waals surface area contributed by atoms with Gasteiger partial charge in [0, 0.05) is 13.1 Å². The molecule has 3 N–H and O–H groups in total. The third-order valence-electron chi connectivity index (χ3n) is 3.54. The molecule has 1 saturated heterocycles. The highest BCUT2D eigenvalue weighted by Gasteiger charge is 2.20. The van der Waals surface area contributed by atoms with E-state index >= 15 is 0 Å². The molecule has 2 heterocycles. The monoisotopic (exact) mass is 263 g/mol. The topological polar surface area (TPSA) is 78.9 Å². The number of carbonyl (C=O) groups is 1. The molecule has 0 spiro atoms. The highest BCUT2D eigenvalue weighted by atomic mass is 16.1. The summed E-state index contributed by atoms with van der Waals surface area (Å²) in [5.74, 6) is 1.10. The van der Waals surface area contributed by atoms with Crippen LogP contribution in [0.3, 0.4) is 0 Å². The van der Waals surface area contributed by atoms with Gasteiger partial charge in [-0.15, -0.1) is 10.2 Å². The van der Waals surface area contributed by atoms with Crippen molar-refractivity contribution >= 4 is 11.7 Å². The van der Waals surface area contributed by atoms with Crippen molar-refractivity contribution in [1.29, 1.82) is 0 Å². The van der Waals surface area contributed by atoms with Crippen molar-refractivity contribution in [3.8, 4) is 0 Å². The summed E-state index contributed by atoms with van der Waals surface area (Å²) >= 11 is 0. The Kier molecular flexibility index (Phi) is 4.68. The zero-order valence-electron chi connectivity index (χ0n) is 11.4. The Balaban J connectivity index is 1.93. The van der Waals surface area contributed by atoms with Gasteiger partial charge < -0.3 is 16.0 Å². The molecule has 2 unspecified atom stereocenters. The van der Waals surface area contributed by atoms with E-state index in [2.05, 4.69) is 33.1 Å². The van der Waals surface area contributed by atoms with E-state index in [-0.39, 0.29) is 5.91 Å². The SMILES string of the molecule is CNC(=O)c1ccc(NC(C)C2CCCNC2)nn1. The fourth-order valence-corrected chi connectivity index (χ4v) is 2.32. The molecule has 1 aromatic heterocycles. The van der Waals surface area contributed by atoms with Crippen LogP contribution in [0, 0.1) is 5.92 Å². The van der Waals surface area contributed by atoms with Crippen LogP contribution in [0.15, 0.2) is 12.1 Å². The van der Waals surface area contributed by atoms with Crippen LogP contribution in [0.4, 0.5) is 5.82 Å². The van der Waals surface area contributed by atoms with Crippen molar-refractivity contribution in [3.63, 3.8) is 0 Å². The van der Waals surface area contributed by atoms with E-state index in [0.717, 1.165) is 13.1 Å². The number of anilines is 1. The normalized spacial score (nSPS) is 20.6. The van der Waals surface area contributed by atoms with E-state index in [4.69, 9.17) is 0 Å². The number of carbonyl (C=O) groups excluding carboxylic acids is 1. The Morgan fingerprint density at radius 3 is 2.89 bits per heavy atom. The molecule has 1 aromatic rings. The van der Waals surface area contributed by atoms with Gasteiger partial charge in [0.25, 0.3) is 5.91 Å². The molecule has 104 valence electrons. The smallest absolute Gasteiger partial charge is 0.271 e. The lowest BCUT2D eigenvalue weighted by Crippen LogP contribution is -2.39. The molecular weight excluding hydrogens is 242 g/mol. The van der Waals surface area contributed by atoms with Crippen molar-refractivity contribution in [3.05, 3.63) is 17.8 Å². The lowest BCUT2D eigenvalue weighted by molar-refractivity contribution is 0.0957. The third kappa shape index (κ3) is 3.64. The first-order valence-electron chi connectivity index (χ1n) is 6.73. The Morgan fingerprint density at radius 1 is 1.47 bits per heavy atom. The summed E-state index contributed by atoms with van der Waals surface area (Å²) in [6.07, 6.45) is 2.45. The summed E-state index contributed by atoms with van der Waals surface area (Å²) in [5.41, 5.74) is 0.333. The highest BCUT2D eigenvalue weighted by molar-refractivity contribution is 5.91. The molecule has 1 amide bonds. The predicted octanol–water partition coefficient (Wildman–Crippen LogP) is 0.636. The Hall–Kier alpha value is -1.69. The predicted molar refractivity (Wildman–Crippen MR) is 74.1 cm³/mol. The van der Waals surface area contributed by atoms with Gasteiger partial charge in [0.05, 0.1) is 0 Å². The molecule has 2 atom stereocenters. The lowest BCUT2D eigenvalue weighted by atomic mass is 9.93. The number of hydrogen-bond donors (Lipinski definition) is 3. The molecule has 1 aliphatic heterocycles. The zero-order chi connectivity index (χ0) is 13.7. The summed E-state index contributed by atoms with van der Waals surface area (Å²) in [6, 6.07) is 3.82. The molecule has 6 heteroatoms. The quantitative estimate of drug-likeness (QED) is 0.743. The van der Waals surface area contributed by atoms with Crippen LogP contribution < -0.4 is 16.0 Å². The summed E-state index contributed by atoms with van der Waals surface area (Å²) in [4.78, 5) is 11.4. The van der Waals surface area contributed by atoms with Crippen molar-refractivity contribution < 1.29 is 4.79 Å². The molecule has 0 radical (unpaired) electrons. The second kappa shape index (κ2) is 6.47. The van der Waals surface area contributed by atoms with Gasteiger partial charge in [-0.05, 0) is 50.9 Å². The van der Waals surface area contributed by atoms with Crippen LogP contribution in [0.2, 0.25) is 0 Å². The maximum atomic E-state index is 11.4. The molecule has 0 saturated carbocycles. The van der Waals surface area contributed by atoms with E-state index < -0.39 is 0 Å². The highest BCUT2D eigenvalue weighted by Crippen LogP contribution is 2.17. The minimum Gasteiger partial charge on any atom is -0.366 e. The van der Waals surface area contributed by atoms with Crippen LogP contribution >= 0.6 is 0 Å². The van der Waals surface area contributed by atoms with Crippen molar-refractivity contribution in [2.75, 3.05) is 25.5 Å². The maximum Gasteiger partial charge on any atom is 0.271 e. The maximum absolute atomic E-state index is 11.4.